The summed E-state index contributed by atoms with van der Waals surface area (Å²) in [6, 6.07) is 31.0. The molecule has 1 heteroatoms. The highest BCUT2D eigenvalue weighted by atomic mass is 15.1. The second-order valence-electron chi connectivity index (χ2n) is 8.29. The molecule has 4 aromatic rings. The van der Waals surface area contributed by atoms with E-state index in [1.54, 1.807) is 0 Å². The van der Waals surface area contributed by atoms with Crippen LogP contribution in [0.15, 0.2) is 84.9 Å². The van der Waals surface area contributed by atoms with Crippen molar-refractivity contribution in [3.8, 4) is 11.1 Å². The van der Waals surface area contributed by atoms with Crippen molar-refractivity contribution in [3.63, 3.8) is 0 Å². The molecule has 0 heterocycles. The van der Waals surface area contributed by atoms with Crippen LogP contribution in [0.4, 0.5) is 17.1 Å². The molecule has 0 saturated heterocycles. The molecule has 0 aliphatic rings. The Bertz CT molecular complexity index is 1120. The van der Waals surface area contributed by atoms with Crippen LogP contribution in [-0.2, 0) is 0 Å². The van der Waals surface area contributed by atoms with Crippen molar-refractivity contribution in [2.45, 2.75) is 34.6 Å². The number of hydrogen-bond acceptors (Lipinski definition) is 1. The molecule has 0 atom stereocenters. The minimum Gasteiger partial charge on any atom is -0.310 e. The number of aryl methyl sites for hydroxylation is 5. The van der Waals surface area contributed by atoms with E-state index < -0.39 is 0 Å². The van der Waals surface area contributed by atoms with E-state index in [1.807, 2.05) is 0 Å². The molecule has 4 rings (SSSR count). The third-order valence-electron chi connectivity index (χ3n) is 6.01. The molecule has 0 bridgehead atoms. The Morgan fingerprint density at radius 3 is 1.23 bits per heavy atom. The van der Waals surface area contributed by atoms with Gasteiger partial charge in [-0.25, -0.2) is 0 Å². The van der Waals surface area contributed by atoms with Gasteiger partial charge in [0.05, 0.1) is 0 Å². The molecule has 0 N–H and O–H groups in total. The first-order chi connectivity index (χ1) is 14.4. The maximum absolute atomic E-state index is 2.35. The van der Waals surface area contributed by atoms with Crippen molar-refractivity contribution >= 4 is 17.1 Å². The molecule has 0 radical (unpaired) electrons. The van der Waals surface area contributed by atoms with Crippen LogP contribution >= 0.6 is 0 Å². The molecule has 0 fully saturated rings. The zero-order valence-corrected chi connectivity index (χ0v) is 18.5. The molecule has 0 unspecified atom stereocenters. The van der Waals surface area contributed by atoms with E-state index in [9.17, 15) is 0 Å². The number of hydrogen-bond donors (Lipinski definition) is 0. The number of anilines is 3. The smallest absolute Gasteiger partial charge is 0.0464 e. The fraction of sp³-hybridized carbons (Fsp3) is 0.172. The molecule has 0 saturated carbocycles. The summed E-state index contributed by atoms with van der Waals surface area (Å²) in [6.07, 6.45) is 0. The summed E-state index contributed by atoms with van der Waals surface area (Å²) in [5, 5.41) is 0. The summed E-state index contributed by atoms with van der Waals surface area (Å²) >= 11 is 0. The largest absolute Gasteiger partial charge is 0.310 e. The van der Waals surface area contributed by atoms with Gasteiger partial charge in [0, 0.05) is 17.1 Å². The van der Waals surface area contributed by atoms with E-state index in [4.69, 9.17) is 0 Å². The molecular weight excluding hydrogens is 362 g/mol. The topological polar surface area (TPSA) is 3.24 Å². The Labute approximate surface area is 180 Å². The van der Waals surface area contributed by atoms with Crippen molar-refractivity contribution in [1.29, 1.82) is 0 Å². The second kappa shape index (κ2) is 8.20. The highest BCUT2D eigenvalue weighted by Gasteiger charge is 2.14. The van der Waals surface area contributed by atoms with Gasteiger partial charge in [-0.3, -0.25) is 0 Å². The Morgan fingerprint density at radius 2 is 0.800 bits per heavy atom. The van der Waals surface area contributed by atoms with Crippen LogP contribution in [0.1, 0.15) is 27.8 Å². The van der Waals surface area contributed by atoms with Gasteiger partial charge in [0.1, 0.15) is 0 Å². The van der Waals surface area contributed by atoms with Crippen molar-refractivity contribution < 1.29 is 0 Å². The van der Waals surface area contributed by atoms with Crippen molar-refractivity contribution in [3.05, 3.63) is 113 Å². The molecule has 0 spiro atoms. The van der Waals surface area contributed by atoms with E-state index in [1.165, 1.54) is 50.3 Å². The lowest BCUT2D eigenvalue weighted by Crippen LogP contribution is -2.10. The summed E-state index contributed by atoms with van der Waals surface area (Å²) in [6.45, 7) is 10.8. The van der Waals surface area contributed by atoms with E-state index >= 15 is 0 Å². The van der Waals surface area contributed by atoms with Crippen LogP contribution in [0.3, 0.4) is 0 Å². The second-order valence-corrected chi connectivity index (χ2v) is 8.29. The Hall–Kier alpha value is -3.32. The van der Waals surface area contributed by atoms with Crippen LogP contribution in [0.2, 0.25) is 0 Å². The Morgan fingerprint density at radius 1 is 0.400 bits per heavy atom. The third kappa shape index (κ3) is 4.02. The molecule has 150 valence electrons. The first-order valence-electron chi connectivity index (χ1n) is 10.5. The quantitative estimate of drug-likeness (QED) is 0.338. The van der Waals surface area contributed by atoms with E-state index in [2.05, 4.69) is 124 Å². The van der Waals surface area contributed by atoms with Gasteiger partial charge in [-0.05, 0) is 104 Å². The first kappa shape index (κ1) is 20.0. The van der Waals surface area contributed by atoms with Gasteiger partial charge in [-0.2, -0.15) is 0 Å². The van der Waals surface area contributed by atoms with Gasteiger partial charge >= 0.3 is 0 Å². The van der Waals surface area contributed by atoms with Crippen molar-refractivity contribution in [1.82, 2.24) is 0 Å². The summed E-state index contributed by atoms with van der Waals surface area (Å²) in [5.74, 6) is 0. The minimum absolute atomic E-state index is 1.16. The third-order valence-corrected chi connectivity index (χ3v) is 6.01. The minimum atomic E-state index is 1.16. The van der Waals surface area contributed by atoms with Gasteiger partial charge in [0.15, 0.2) is 0 Å². The van der Waals surface area contributed by atoms with Gasteiger partial charge in [-0.15, -0.1) is 0 Å². The molecule has 0 aliphatic heterocycles. The summed E-state index contributed by atoms with van der Waals surface area (Å²) in [5.41, 5.74) is 12.5. The predicted octanol–water partition coefficient (Wildman–Crippen LogP) is 8.37. The van der Waals surface area contributed by atoms with Crippen LogP contribution in [-0.4, -0.2) is 0 Å². The average Bonchev–Trinajstić information content (AvgIpc) is 2.74. The molecule has 4 aromatic carbocycles. The van der Waals surface area contributed by atoms with Crippen LogP contribution in [0.5, 0.6) is 0 Å². The normalized spacial score (nSPS) is 10.8. The maximum Gasteiger partial charge on any atom is 0.0464 e. The fourth-order valence-electron chi connectivity index (χ4n) is 3.73. The van der Waals surface area contributed by atoms with E-state index in [0.29, 0.717) is 0 Å². The standard InChI is InChI=1S/C29H29N/c1-20-6-10-25(11-7-20)26-12-16-27(17-13-26)30(28-14-8-21(2)23(4)18-28)29-15-9-22(3)24(5)19-29/h6-19H,1-5H3. The molecule has 1 nitrogen and oxygen atoms in total. The molecule has 30 heavy (non-hydrogen) atoms. The summed E-state index contributed by atoms with van der Waals surface area (Å²) in [4.78, 5) is 2.35. The Kier molecular flexibility index (Phi) is 5.46. The predicted molar refractivity (Wildman–Crippen MR) is 130 cm³/mol. The van der Waals surface area contributed by atoms with E-state index in [0.717, 1.165) is 5.69 Å². The van der Waals surface area contributed by atoms with Gasteiger partial charge in [0.25, 0.3) is 0 Å². The summed E-state index contributed by atoms with van der Waals surface area (Å²) in [7, 11) is 0. The van der Waals surface area contributed by atoms with Crippen LogP contribution in [0.25, 0.3) is 11.1 Å². The lowest BCUT2D eigenvalue weighted by Gasteiger charge is -2.27. The van der Waals surface area contributed by atoms with Crippen LogP contribution < -0.4 is 4.90 Å². The molecular formula is C29H29N. The zero-order chi connectivity index (χ0) is 21.3. The lowest BCUT2D eigenvalue weighted by atomic mass is 10.0. The van der Waals surface area contributed by atoms with Gasteiger partial charge in [-0.1, -0.05) is 54.1 Å². The zero-order valence-electron chi connectivity index (χ0n) is 18.5. The van der Waals surface area contributed by atoms with Crippen molar-refractivity contribution in [2.75, 3.05) is 4.90 Å². The molecule has 0 aliphatic carbocycles. The highest BCUT2D eigenvalue weighted by molar-refractivity contribution is 5.79. The average molecular weight is 392 g/mol. The van der Waals surface area contributed by atoms with E-state index in [-0.39, 0.29) is 0 Å². The maximum atomic E-state index is 2.35. The first-order valence-corrected chi connectivity index (χ1v) is 10.5. The number of rotatable bonds is 4. The Balaban J connectivity index is 1.79. The monoisotopic (exact) mass is 391 g/mol. The van der Waals surface area contributed by atoms with Crippen LogP contribution in [0, 0.1) is 34.6 Å². The fourth-order valence-corrected chi connectivity index (χ4v) is 3.73. The molecule has 0 aromatic heterocycles. The molecule has 0 amide bonds. The van der Waals surface area contributed by atoms with Crippen molar-refractivity contribution in [2.24, 2.45) is 0 Å². The number of benzene rings is 4. The summed E-state index contributed by atoms with van der Waals surface area (Å²) < 4.78 is 0. The number of nitrogens with zero attached hydrogens (tertiary/aromatic N) is 1. The SMILES string of the molecule is Cc1ccc(-c2ccc(N(c3ccc(C)c(C)c3)c3ccc(C)c(C)c3)cc2)cc1. The highest BCUT2D eigenvalue weighted by Crippen LogP contribution is 2.37. The van der Waals surface area contributed by atoms with Gasteiger partial charge < -0.3 is 4.90 Å². The lowest BCUT2D eigenvalue weighted by molar-refractivity contribution is 1.23. The van der Waals surface area contributed by atoms with Gasteiger partial charge in [0.2, 0.25) is 0 Å².